The Labute approximate surface area is 190 Å². The van der Waals surface area contributed by atoms with Crippen molar-refractivity contribution in [3.05, 3.63) is 59.7 Å². The van der Waals surface area contributed by atoms with Crippen LogP contribution in [0.5, 0.6) is 0 Å². The summed E-state index contributed by atoms with van der Waals surface area (Å²) in [5, 5.41) is 12.6. The van der Waals surface area contributed by atoms with Gasteiger partial charge in [-0.3, -0.25) is 0 Å². The molecule has 0 spiro atoms. The molecule has 2 aromatic carbocycles. The first-order chi connectivity index (χ1) is 15.7. The lowest BCUT2D eigenvalue weighted by Gasteiger charge is -2.25. The highest BCUT2D eigenvalue weighted by Crippen LogP contribution is 2.34. The molecular formula is C23H26N8S. The number of hydrogen-bond donors (Lipinski definition) is 2. The van der Waals surface area contributed by atoms with Crippen LogP contribution in [0.3, 0.4) is 0 Å². The summed E-state index contributed by atoms with van der Waals surface area (Å²) in [6, 6.07) is 15.4. The highest BCUT2D eigenvalue weighted by Gasteiger charge is 2.24. The van der Waals surface area contributed by atoms with Crippen LogP contribution in [0.4, 0.5) is 11.9 Å². The van der Waals surface area contributed by atoms with E-state index in [-0.39, 0.29) is 11.9 Å². The second-order valence-corrected chi connectivity index (χ2v) is 9.07. The van der Waals surface area contributed by atoms with Crippen LogP contribution in [0.15, 0.2) is 47.6 Å². The molecule has 8 nitrogen and oxygen atoms in total. The van der Waals surface area contributed by atoms with Gasteiger partial charge in [-0.15, -0.1) is 10.2 Å². The minimum Gasteiger partial charge on any atom is -0.368 e. The highest BCUT2D eigenvalue weighted by atomic mass is 32.2. The number of nitrogens with two attached hydrogens (primary N) is 2. The lowest BCUT2D eigenvalue weighted by molar-refractivity contribution is 0.330. The van der Waals surface area contributed by atoms with Crippen LogP contribution in [0, 0.1) is 0 Å². The summed E-state index contributed by atoms with van der Waals surface area (Å²) in [7, 11) is 0. The van der Waals surface area contributed by atoms with Gasteiger partial charge in [-0.2, -0.15) is 15.0 Å². The smallest absolute Gasteiger partial charge is 0.225 e. The van der Waals surface area contributed by atoms with Gasteiger partial charge in [0.05, 0.1) is 5.75 Å². The molecule has 2 aromatic heterocycles. The predicted molar refractivity (Wildman–Crippen MR) is 127 cm³/mol. The molecule has 9 heteroatoms. The zero-order valence-electron chi connectivity index (χ0n) is 17.8. The highest BCUT2D eigenvalue weighted by molar-refractivity contribution is 7.98. The minimum atomic E-state index is 0.137. The molecule has 1 fully saturated rings. The van der Waals surface area contributed by atoms with E-state index in [1.54, 1.807) is 11.8 Å². The summed E-state index contributed by atoms with van der Waals surface area (Å²) in [5.41, 5.74) is 12.7. The van der Waals surface area contributed by atoms with Gasteiger partial charge in [-0.05, 0) is 29.2 Å². The van der Waals surface area contributed by atoms with Crippen molar-refractivity contribution in [1.29, 1.82) is 0 Å². The number of thioether (sulfide) groups is 1. The zero-order chi connectivity index (χ0) is 21.9. The number of rotatable bonds is 6. The van der Waals surface area contributed by atoms with Gasteiger partial charge in [0.25, 0.3) is 0 Å². The van der Waals surface area contributed by atoms with Crippen molar-refractivity contribution in [2.75, 3.05) is 11.5 Å². The Balaban J connectivity index is 1.46. The van der Waals surface area contributed by atoms with Gasteiger partial charge in [0, 0.05) is 12.5 Å². The molecule has 0 saturated heterocycles. The maximum Gasteiger partial charge on any atom is 0.225 e. The second-order valence-electron chi connectivity index (χ2n) is 8.13. The fourth-order valence-corrected chi connectivity index (χ4v) is 5.38. The molecule has 1 saturated carbocycles. The summed E-state index contributed by atoms with van der Waals surface area (Å²) in [6.07, 6.45) is 6.82. The lowest BCUT2D eigenvalue weighted by atomic mass is 9.95. The number of nitrogen functional groups attached to an aromatic ring is 2. The van der Waals surface area contributed by atoms with Gasteiger partial charge in [-0.25, -0.2) is 0 Å². The van der Waals surface area contributed by atoms with Crippen LogP contribution >= 0.6 is 11.8 Å². The molecule has 2 heterocycles. The van der Waals surface area contributed by atoms with Crippen molar-refractivity contribution in [1.82, 2.24) is 29.7 Å². The van der Waals surface area contributed by atoms with Gasteiger partial charge in [-0.1, -0.05) is 73.5 Å². The van der Waals surface area contributed by atoms with E-state index in [9.17, 15) is 0 Å². The Kier molecular flexibility index (Phi) is 5.89. The van der Waals surface area contributed by atoms with Crippen molar-refractivity contribution in [3.63, 3.8) is 0 Å². The standard InChI is InChI=1S/C23H26N8S/c24-21-26-19(27-22(25)28-21)14-32-23-30-29-20(31(23)17-10-2-1-3-11-17)13-16-9-6-8-15-7-4-5-12-18(15)16/h4-9,12,17H,1-3,10-11,13-14H2,(H4,24,25,26,27,28). The molecule has 1 aliphatic rings. The van der Waals surface area contributed by atoms with E-state index >= 15 is 0 Å². The molecule has 5 rings (SSSR count). The third-order valence-corrected chi connectivity index (χ3v) is 6.89. The van der Waals surface area contributed by atoms with Gasteiger partial charge in [0.15, 0.2) is 5.16 Å². The minimum absolute atomic E-state index is 0.137. The van der Waals surface area contributed by atoms with Crippen LogP contribution in [0.2, 0.25) is 0 Å². The molecule has 32 heavy (non-hydrogen) atoms. The number of nitrogens with zero attached hydrogens (tertiary/aromatic N) is 6. The van der Waals surface area contributed by atoms with Crippen LogP contribution in [0.1, 0.15) is 55.4 Å². The average Bonchev–Trinajstić information content (AvgIpc) is 3.20. The molecule has 0 amide bonds. The number of aromatic nitrogens is 6. The van der Waals surface area contributed by atoms with E-state index < -0.39 is 0 Å². The van der Waals surface area contributed by atoms with E-state index in [4.69, 9.17) is 11.5 Å². The summed E-state index contributed by atoms with van der Waals surface area (Å²) in [4.78, 5) is 12.2. The quantitative estimate of drug-likeness (QED) is 0.423. The molecule has 0 unspecified atom stereocenters. The van der Waals surface area contributed by atoms with Gasteiger partial charge in [0.2, 0.25) is 11.9 Å². The Morgan fingerprint density at radius 1 is 0.875 bits per heavy atom. The Morgan fingerprint density at radius 3 is 2.44 bits per heavy atom. The summed E-state index contributed by atoms with van der Waals surface area (Å²) < 4.78 is 2.35. The molecule has 0 atom stereocenters. The zero-order valence-corrected chi connectivity index (χ0v) is 18.6. The van der Waals surface area contributed by atoms with E-state index in [0.29, 0.717) is 17.6 Å². The molecule has 0 radical (unpaired) electrons. The molecule has 0 aliphatic heterocycles. The third kappa shape index (κ3) is 4.38. The predicted octanol–water partition coefficient (Wildman–Crippen LogP) is 4.17. The first-order valence-electron chi connectivity index (χ1n) is 11.0. The Morgan fingerprint density at radius 2 is 1.62 bits per heavy atom. The molecule has 4 N–H and O–H groups in total. The molecular weight excluding hydrogens is 420 g/mol. The maximum absolute atomic E-state index is 5.73. The van der Waals surface area contributed by atoms with E-state index in [2.05, 4.69) is 72.2 Å². The van der Waals surface area contributed by atoms with E-state index in [0.717, 1.165) is 30.2 Å². The number of anilines is 2. The molecule has 164 valence electrons. The maximum atomic E-state index is 5.73. The van der Waals surface area contributed by atoms with Gasteiger partial charge >= 0.3 is 0 Å². The fourth-order valence-electron chi connectivity index (χ4n) is 4.50. The second kappa shape index (κ2) is 9.12. The monoisotopic (exact) mass is 446 g/mol. The van der Waals surface area contributed by atoms with Gasteiger partial charge < -0.3 is 16.0 Å². The van der Waals surface area contributed by atoms with Gasteiger partial charge in [0.1, 0.15) is 11.6 Å². The van der Waals surface area contributed by atoms with Crippen LogP contribution in [-0.2, 0) is 12.2 Å². The average molecular weight is 447 g/mol. The third-order valence-electron chi connectivity index (χ3n) is 5.95. The lowest BCUT2D eigenvalue weighted by Crippen LogP contribution is -2.17. The summed E-state index contributed by atoms with van der Waals surface area (Å²) in [5.74, 6) is 2.34. The number of hydrogen-bond acceptors (Lipinski definition) is 8. The first-order valence-corrected chi connectivity index (χ1v) is 11.9. The normalized spacial score (nSPS) is 14.8. The SMILES string of the molecule is Nc1nc(N)nc(CSc2nnc(Cc3cccc4ccccc34)n2C2CCCCC2)n1. The Bertz CT molecular complexity index is 1210. The summed E-state index contributed by atoms with van der Waals surface area (Å²) >= 11 is 1.57. The fraction of sp³-hybridized carbons (Fsp3) is 0.348. The van der Waals surface area contributed by atoms with Crippen LogP contribution in [0.25, 0.3) is 10.8 Å². The Hall–Kier alpha value is -3.20. The topological polar surface area (TPSA) is 121 Å². The van der Waals surface area contributed by atoms with Crippen molar-refractivity contribution in [2.24, 2.45) is 0 Å². The summed E-state index contributed by atoms with van der Waals surface area (Å²) in [6.45, 7) is 0. The molecule has 4 aromatic rings. The van der Waals surface area contributed by atoms with Crippen molar-refractivity contribution >= 4 is 34.4 Å². The van der Waals surface area contributed by atoms with Crippen LogP contribution < -0.4 is 11.5 Å². The van der Waals surface area contributed by atoms with Crippen molar-refractivity contribution in [2.45, 2.75) is 55.5 Å². The largest absolute Gasteiger partial charge is 0.368 e. The molecule has 1 aliphatic carbocycles. The van der Waals surface area contributed by atoms with E-state index in [1.807, 2.05) is 0 Å². The molecule has 0 bridgehead atoms. The number of benzene rings is 2. The van der Waals surface area contributed by atoms with E-state index in [1.165, 1.54) is 35.6 Å². The number of fused-ring (bicyclic) bond motifs is 1. The van der Waals surface area contributed by atoms with Crippen LogP contribution in [-0.4, -0.2) is 29.7 Å². The van der Waals surface area contributed by atoms with Crippen molar-refractivity contribution in [3.8, 4) is 0 Å². The first kappa shape index (κ1) is 20.7. The van der Waals surface area contributed by atoms with Crippen molar-refractivity contribution < 1.29 is 0 Å².